The number of hydrogen-bond donors (Lipinski definition) is 2. The van der Waals surface area contributed by atoms with Crippen LogP contribution in [0.1, 0.15) is 12.8 Å². The number of nitrogens with zero attached hydrogens (tertiary/aromatic N) is 1. The van der Waals surface area contributed by atoms with Gasteiger partial charge in [0, 0.05) is 13.1 Å². The number of carbonyl (C=O) groups excluding carboxylic acids is 1. The molecule has 2 aliphatic heterocycles. The molecule has 2 saturated heterocycles. The number of hydrogen-bond acceptors (Lipinski definition) is 3. The van der Waals surface area contributed by atoms with Gasteiger partial charge >= 0.3 is 6.03 Å². The minimum absolute atomic E-state index is 0.146. The van der Waals surface area contributed by atoms with Crippen molar-refractivity contribution in [3.05, 3.63) is 48.3 Å². The second-order valence-electron chi connectivity index (χ2n) is 6.60. The molecule has 0 radical (unpaired) electrons. The molecule has 5 nitrogen and oxygen atoms in total. The Labute approximate surface area is 145 Å². The number of likely N-dealkylation sites (tertiary alicyclic amines) is 1. The number of anilines is 2. The number of ether oxygens (including phenoxy) is 1. The molecule has 2 aromatic rings. The van der Waals surface area contributed by atoms with Gasteiger partial charge in [-0.3, -0.25) is 0 Å². The first kappa shape index (κ1) is 15.9. The summed E-state index contributed by atoms with van der Waals surface area (Å²) in [7, 11) is 0. The van der Waals surface area contributed by atoms with Crippen LogP contribution in [-0.4, -0.2) is 36.2 Å². The zero-order chi connectivity index (χ0) is 17.4. The summed E-state index contributed by atoms with van der Waals surface area (Å²) in [6, 6.07) is 11.5. The highest BCUT2D eigenvalue weighted by molar-refractivity contribution is 5.94. The number of amides is 2. The van der Waals surface area contributed by atoms with Gasteiger partial charge in [0.25, 0.3) is 0 Å². The summed E-state index contributed by atoms with van der Waals surface area (Å²) in [6.45, 7) is 1.22. The molecule has 0 spiro atoms. The van der Waals surface area contributed by atoms with Crippen LogP contribution < -0.4 is 11.1 Å². The van der Waals surface area contributed by atoms with Gasteiger partial charge in [-0.25, -0.2) is 9.18 Å². The molecule has 4 rings (SSSR count). The van der Waals surface area contributed by atoms with E-state index in [-0.39, 0.29) is 24.1 Å². The van der Waals surface area contributed by atoms with Crippen molar-refractivity contribution in [2.75, 3.05) is 24.1 Å². The van der Waals surface area contributed by atoms with E-state index in [4.69, 9.17) is 10.5 Å². The highest BCUT2D eigenvalue weighted by Crippen LogP contribution is 2.29. The molecule has 2 aliphatic rings. The summed E-state index contributed by atoms with van der Waals surface area (Å²) in [6.07, 6.45) is 2.31. The third-order valence-corrected chi connectivity index (χ3v) is 4.80. The minimum Gasteiger partial charge on any atom is -0.397 e. The third kappa shape index (κ3) is 3.30. The molecule has 2 aromatic carbocycles. The average Bonchev–Trinajstić information content (AvgIpc) is 2.95. The fourth-order valence-electron chi connectivity index (χ4n) is 3.46. The molecule has 2 unspecified atom stereocenters. The van der Waals surface area contributed by atoms with Gasteiger partial charge in [-0.1, -0.05) is 18.2 Å². The van der Waals surface area contributed by atoms with Crippen LogP contribution in [0, 0.1) is 5.82 Å². The number of benzene rings is 2. The van der Waals surface area contributed by atoms with Crippen LogP contribution in [0.3, 0.4) is 0 Å². The number of nitrogens with two attached hydrogens (primary N) is 1. The smallest absolute Gasteiger partial charge is 0.322 e. The molecule has 0 saturated carbocycles. The number of nitrogen functional groups attached to an aromatic ring is 1. The Kier molecular flexibility index (Phi) is 4.05. The standard InChI is InChI=1S/C19H20FN3O2/c20-14-4-1-12(2-5-14)13-3-8-17(21)18(9-13)22-19(24)23-10-15-6-7-16(11-23)25-15/h1-5,8-9,15-16H,6-7,10-11,21H2,(H,22,24). The lowest BCUT2D eigenvalue weighted by atomic mass is 10.0. The van der Waals surface area contributed by atoms with Gasteiger partial charge in [-0.2, -0.15) is 0 Å². The fraction of sp³-hybridized carbons (Fsp3) is 0.316. The quantitative estimate of drug-likeness (QED) is 0.822. The summed E-state index contributed by atoms with van der Waals surface area (Å²) in [4.78, 5) is 14.4. The van der Waals surface area contributed by atoms with E-state index in [1.807, 2.05) is 12.1 Å². The molecule has 2 atom stereocenters. The first-order valence-corrected chi connectivity index (χ1v) is 8.45. The van der Waals surface area contributed by atoms with Crippen LogP contribution in [0.4, 0.5) is 20.6 Å². The first-order chi connectivity index (χ1) is 12.1. The zero-order valence-corrected chi connectivity index (χ0v) is 13.7. The molecular formula is C19H20FN3O2. The van der Waals surface area contributed by atoms with Crippen LogP contribution in [0.5, 0.6) is 0 Å². The number of halogens is 1. The van der Waals surface area contributed by atoms with Gasteiger partial charge in [0.15, 0.2) is 0 Å². The van der Waals surface area contributed by atoms with Crippen molar-refractivity contribution >= 4 is 17.4 Å². The highest BCUT2D eigenvalue weighted by Gasteiger charge is 2.35. The SMILES string of the molecule is Nc1ccc(-c2ccc(F)cc2)cc1NC(=O)N1CC2CCC(C1)O2. The Morgan fingerprint density at radius 2 is 1.72 bits per heavy atom. The van der Waals surface area contributed by atoms with Gasteiger partial charge < -0.3 is 20.7 Å². The topological polar surface area (TPSA) is 67.6 Å². The largest absolute Gasteiger partial charge is 0.397 e. The molecule has 2 amide bonds. The van der Waals surface area contributed by atoms with Crippen LogP contribution in [0.25, 0.3) is 11.1 Å². The summed E-state index contributed by atoms with van der Waals surface area (Å²) >= 11 is 0. The van der Waals surface area contributed by atoms with E-state index in [2.05, 4.69) is 5.32 Å². The van der Waals surface area contributed by atoms with Gasteiger partial charge in [0.05, 0.1) is 23.6 Å². The molecular weight excluding hydrogens is 321 g/mol. The van der Waals surface area contributed by atoms with Crippen LogP contribution in [0.15, 0.2) is 42.5 Å². The molecule has 2 heterocycles. The van der Waals surface area contributed by atoms with E-state index in [9.17, 15) is 9.18 Å². The van der Waals surface area contributed by atoms with E-state index in [0.29, 0.717) is 24.5 Å². The van der Waals surface area contributed by atoms with E-state index in [1.165, 1.54) is 12.1 Å². The normalized spacial score (nSPS) is 22.0. The second kappa shape index (κ2) is 6.37. The van der Waals surface area contributed by atoms with Crippen molar-refractivity contribution in [2.24, 2.45) is 0 Å². The summed E-state index contributed by atoms with van der Waals surface area (Å²) in [5.74, 6) is -0.283. The molecule has 2 fully saturated rings. The number of nitrogens with one attached hydrogen (secondary N) is 1. The van der Waals surface area contributed by atoms with Crippen molar-refractivity contribution in [3.63, 3.8) is 0 Å². The lowest BCUT2D eigenvalue weighted by Crippen LogP contribution is -2.47. The Morgan fingerprint density at radius 3 is 2.40 bits per heavy atom. The van der Waals surface area contributed by atoms with E-state index in [0.717, 1.165) is 24.0 Å². The number of rotatable bonds is 2. The second-order valence-corrected chi connectivity index (χ2v) is 6.60. The number of fused-ring (bicyclic) bond motifs is 2. The molecule has 0 aliphatic carbocycles. The van der Waals surface area contributed by atoms with E-state index in [1.54, 1.807) is 23.1 Å². The lowest BCUT2D eigenvalue weighted by Gasteiger charge is -2.32. The molecule has 25 heavy (non-hydrogen) atoms. The Balaban J connectivity index is 1.52. The minimum atomic E-state index is -0.283. The van der Waals surface area contributed by atoms with Gasteiger partial charge in [0.2, 0.25) is 0 Å². The Morgan fingerprint density at radius 1 is 1.08 bits per heavy atom. The number of morpholine rings is 1. The zero-order valence-electron chi connectivity index (χ0n) is 13.7. The van der Waals surface area contributed by atoms with Crippen molar-refractivity contribution < 1.29 is 13.9 Å². The van der Waals surface area contributed by atoms with Gasteiger partial charge in [0.1, 0.15) is 5.82 Å². The summed E-state index contributed by atoms with van der Waals surface area (Å²) in [5, 5.41) is 2.90. The molecule has 130 valence electrons. The first-order valence-electron chi connectivity index (χ1n) is 8.45. The van der Waals surface area contributed by atoms with E-state index < -0.39 is 0 Å². The van der Waals surface area contributed by atoms with E-state index >= 15 is 0 Å². The predicted molar refractivity (Wildman–Crippen MR) is 94.7 cm³/mol. The fourth-order valence-corrected chi connectivity index (χ4v) is 3.46. The maximum Gasteiger partial charge on any atom is 0.322 e. The summed E-state index contributed by atoms with van der Waals surface area (Å²) in [5.41, 5.74) is 8.80. The van der Waals surface area contributed by atoms with Crippen molar-refractivity contribution in [3.8, 4) is 11.1 Å². The Hall–Kier alpha value is -2.60. The van der Waals surface area contributed by atoms with Crippen LogP contribution in [0.2, 0.25) is 0 Å². The van der Waals surface area contributed by atoms with Gasteiger partial charge in [-0.05, 0) is 48.2 Å². The molecule has 0 aromatic heterocycles. The summed E-state index contributed by atoms with van der Waals surface area (Å²) < 4.78 is 18.9. The monoisotopic (exact) mass is 341 g/mol. The van der Waals surface area contributed by atoms with Crippen molar-refractivity contribution in [1.29, 1.82) is 0 Å². The maximum atomic E-state index is 13.1. The lowest BCUT2D eigenvalue weighted by molar-refractivity contribution is -0.0219. The molecule has 2 bridgehead atoms. The number of carbonyl (C=O) groups is 1. The number of urea groups is 1. The average molecular weight is 341 g/mol. The third-order valence-electron chi connectivity index (χ3n) is 4.80. The molecule has 6 heteroatoms. The van der Waals surface area contributed by atoms with Crippen molar-refractivity contribution in [1.82, 2.24) is 4.90 Å². The maximum absolute atomic E-state index is 13.1. The highest BCUT2D eigenvalue weighted by atomic mass is 19.1. The Bertz CT molecular complexity index is 782. The predicted octanol–water partition coefficient (Wildman–Crippen LogP) is 3.47. The van der Waals surface area contributed by atoms with Crippen molar-refractivity contribution in [2.45, 2.75) is 25.0 Å². The van der Waals surface area contributed by atoms with Crippen LogP contribution >= 0.6 is 0 Å². The van der Waals surface area contributed by atoms with Crippen LogP contribution in [-0.2, 0) is 4.74 Å². The molecule has 3 N–H and O–H groups in total. The van der Waals surface area contributed by atoms with Gasteiger partial charge in [-0.15, -0.1) is 0 Å².